The lowest BCUT2D eigenvalue weighted by Gasteiger charge is -2.21. The summed E-state index contributed by atoms with van der Waals surface area (Å²) in [6.07, 6.45) is -0.754. The first-order valence-corrected chi connectivity index (χ1v) is 6.86. The first-order chi connectivity index (χ1) is 10.8. The van der Waals surface area contributed by atoms with E-state index in [0.29, 0.717) is 12.3 Å². The highest BCUT2D eigenvalue weighted by Crippen LogP contribution is 2.12. The van der Waals surface area contributed by atoms with Crippen LogP contribution in [0, 0.1) is 11.3 Å². The molecule has 0 aromatic heterocycles. The molecule has 2 aromatic rings. The number of carbonyl (C=O) groups excluding carboxylic acids is 1. The molecule has 5 nitrogen and oxygen atoms in total. The fraction of sp³-hybridized carbons (Fsp3) is 0.176. The zero-order valence-electron chi connectivity index (χ0n) is 12.0. The van der Waals surface area contributed by atoms with Crippen molar-refractivity contribution < 1.29 is 14.3 Å². The van der Waals surface area contributed by atoms with Crippen molar-refractivity contribution in [2.24, 2.45) is 0 Å². The maximum absolute atomic E-state index is 11.6. The molecule has 2 aromatic carbocycles. The summed E-state index contributed by atoms with van der Waals surface area (Å²) in [5.41, 5.74) is 0.907. The Morgan fingerprint density at radius 2 is 1.68 bits per heavy atom. The van der Waals surface area contributed by atoms with Gasteiger partial charge in [-0.05, 0) is 24.3 Å². The number of rotatable bonds is 6. The van der Waals surface area contributed by atoms with E-state index in [0.717, 1.165) is 5.69 Å². The molecule has 0 amide bonds. The number of benzene rings is 2. The summed E-state index contributed by atoms with van der Waals surface area (Å²) >= 11 is 0. The third-order valence-electron chi connectivity index (χ3n) is 2.91. The summed E-state index contributed by atoms with van der Waals surface area (Å²) in [6.45, 7) is 0.783. The summed E-state index contributed by atoms with van der Waals surface area (Å²) in [7, 11) is 0. The smallest absolute Gasteiger partial charge is 0.432 e. The molecule has 0 aliphatic heterocycles. The second-order valence-corrected chi connectivity index (χ2v) is 4.43. The maximum atomic E-state index is 11.6. The number of ether oxygens (including phenoxy) is 2. The molecule has 0 fully saturated rings. The fourth-order valence-corrected chi connectivity index (χ4v) is 1.88. The molecule has 112 valence electrons. The molecule has 5 heteroatoms. The Hall–Kier alpha value is -3.00. The summed E-state index contributed by atoms with van der Waals surface area (Å²) < 4.78 is 10.0. The Bertz CT molecular complexity index is 623. The van der Waals surface area contributed by atoms with Gasteiger partial charge in [-0.15, -0.1) is 0 Å². The van der Waals surface area contributed by atoms with Gasteiger partial charge in [0.1, 0.15) is 18.9 Å². The summed E-state index contributed by atoms with van der Waals surface area (Å²) in [5, 5.41) is 8.88. The Morgan fingerprint density at radius 1 is 1.05 bits per heavy atom. The van der Waals surface area contributed by atoms with Gasteiger partial charge >= 0.3 is 6.16 Å². The lowest BCUT2D eigenvalue weighted by atomic mass is 10.3. The van der Waals surface area contributed by atoms with Crippen molar-refractivity contribution in [3.63, 3.8) is 0 Å². The average Bonchev–Trinajstić information content (AvgIpc) is 2.56. The first kappa shape index (κ1) is 15.4. The van der Waals surface area contributed by atoms with Gasteiger partial charge in [-0.1, -0.05) is 36.4 Å². The lowest BCUT2D eigenvalue weighted by Crippen LogP contribution is -2.29. The van der Waals surface area contributed by atoms with Crippen LogP contribution in [0.5, 0.6) is 5.75 Å². The molecule has 0 bridgehead atoms. The minimum Gasteiger partial charge on any atom is -0.432 e. The molecule has 0 aliphatic rings. The summed E-state index contributed by atoms with van der Waals surface area (Å²) in [5.74, 6) is 0.435. The highest BCUT2D eigenvalue weighted by molar-refractivity contribution is 5.63. The Morgan fingerprint density at radius 3 is 2.32 bits per heavy atom. The van der Waals surface area contributed by atoms with E-state index in [1.807, 2.05) is 41.3 Å². The molecule has 0 unspecified atom stereocenters. The van der Waals surface area contributed by atoms with Gasteiger partial charge in [-0.2, -0.15) is 5.26 Å². The minimum absolute atomic E-state index is 0.141. The van der Waals surface area contributed by atoms with E-state index >= 15 is 0 Å². The molecular weight excluding hydrogens is 280 g/mol. The SMILES string of the molecule is N#CCN(CCOC(=O)Oc1ccccc1)c1ccccc1. The van der Waals surface area contributed by atoms with Gasteiger partial charge in [0, 0.05) is 5.69 Å². The number of para-hydroxylation sites is 2. The van der Waals surface area contributed by atoms with Crippen LogP contribution >= 0.6 is 0 Å². The molecule has 0 saturated carbocycles. The first-order valence-electron chi connectivity index (χ1n) is 6.86. The van der Waals surface area contributed by atoms with Crippen molar-refractivity contribution in [3.8, 4) is 11.8 Å². The predicted molar refractivity (Wildman–Crippen MR) is 82.7 cm³/mol. The summed E-state index contributed by atoms with van der Waals surface area (Å²) in [6, 6.07) is 20.3. The fourth-order valence-electron chi connectivity index (χ4n) is 1.88. The zero-order chi connectivity index (χ0) is 15.6. The van der Waals surface area contributed by atoms with Gasteiger partial charge in [0.2, 0.25) is 0 Å². The van der Waals surface area contributed by atoms with Gasteiger partial charge in [0.15, 0.2) is 0 Å². The number of anilines is 1. The van der Waals surface area contributed by atoms with Crippen LogP contribution in [0.4, 0.5) is 10.5 Å². The normalized spacial score (nSPS) is 9.59. The van der Waals surface area contributed by atoms with Gasteiger partial charge in [-0.3, -0.25) is 0 Å². The molecular formula is C17H16N2O3. The van der Waals surface area contributed by atoms with Gasteiger partial charge in [-0.25, -0.2) is 4.79 Å². The van der Waals surface area contributed by atoms with E-state index in [9.17, 15) is 4.79 Å². The van der Waals surface area contributed by atoms with Crippen molar-refractivity contribution in [1.29, 1.82) is 5.26 Å². The maximum Gasteiger partial charge on any atom is 0.513 e. The van der Waals surface area contributed by atoms with Gasteiger partial charge < -0.3 is 14.4 Å². The number of hydrogen-bond acceptors (Lipinski definition) is 5. The number of nitriles is 1. The van der Waals surface area contributed by atoms with E-state index in [1.54, 1.807) is 24.3 Å². The topological polar surface area (TPSA) is 62.6 Å². The van der Waals surface area contributed by atoms with Crippen LogP contribution in [0.1, 0.15) is 0 Å². The van der Waals surface area contributed by atoms with E-state index in [4.69, 9.17) is 14.7 Å². The number of nitrogens with zero attached hydrogens (tertiary/aromatic N) is 2. The van der Waals surface area contributed by atoms with Crippen LogP contribution in [-0.2, 0) is 4.74 Å². The van der Waals surface area contributed by atoms with E-state index < -0.39 is 6.16 Å². The predicted octanol–water partition coefficient (Wildman–Crippen LogP) is 3.23. The van der Waals surface area contributed by atoms with E-state index in [1.165, 1.54) is 0 Å². The monoisotopic (exact) mass is 296 g/mol. The molecule has 0 saturated heterocycles. The highest BCUT2D eigenvalue weighted by Gasteiger charge is 2.09. The second-order valence-electron chi connectivity index (χ2n) is 4.43. The standard InChI is InChI=1S/C17H16N2O3/c18-11-12-19(15-7-3-1-4-8-15)13-14-21-17(20)22-16-9-5-2-6-10-16/h1-10H,12-14H2. The molecule has 0 heterocycles. The Balaban J connectivity index is 1.81. The van der Waals surface area contributed by atoms with Crippen LogP contribution in [-0.4, -0.2) is 25.9 Å². The van der Waals surface area contributed by atoms with Crippen LogP contribution in [0.15, 0.2) is 60.7 Å². The van der Waals surface area contributed by atoms with E-state index in [-0.39, 0.29) is 13.2 Å². The molecule has 0 spiro atoms. The van der Waals surface area contributed by atoms with Crippen molar-refractivity contribution in [2.75, 3.05) is 24.6 Å². The third-order valence-corrected chi connectivity index (χ3v) is 2.91. The third kappa shape index (κ3) is 4.84. The van der Waals surface area contributed by atoms with Gasteiger partial charge in [0.25, 0.3) is 0 Å². The van der Waals surface area contributed by atoms with Crippen LogP contribution in [0.3, 0.4) is 0 Å². The van der Waals surface area contributed by atoms with Crippen LogP contribution in [0.2, 0.25) is 0 Å². The largest absolute Gasteiger partial charge is 0.513 e. The van der Waals surface area contributed by atoms with E-state index in [2.05, 4.69) is 6.07 Å². The number of hydrogen-bond donors (Lipinski definition) is 0. The molecule has 0 radical (unpaired) electrons. The molecule has 0 N–H and O–H groups in total. The highest BCUT2D eigenvalue weighted by atomic mass is 16.7. The second kappa shape index (κ2) is 8.32. The quantitative estimate of drug-likeness (QED) is 0.465. The van der Waals surface area contributed by atoms with Gasteiger partial charge in [0.05, 0.1) is 12.6 Å². The van der Waals surface area contributed by atoms with Crippen molar-refractivity contribution in [3.05, 3.63) is 60.7 Å². The van der Waals surface area contributed by atoms with Crippen molar-refractivity contribution >= 4 is 11.8 Å². The lowest BCUT2D eigenvalue weighted by molar-refractivity contribution is 0.101. The Labute approximate surface area is 129 Å². The van der Waals surface area contributed by atoms with Crippen molar-refractivity contribution in [2.45, 2.75) is 0 Å². The Kier molecular flexibility index (Phi) is 5.82. The molecule has 22 heavy (non-hydrogen) atoms. The van der Waals surface area contributed by atoms with Crippen LogP contribution < -0.4 is 9.64 Å². The molecule has 0 aliphatic carbocycles. The minimum atomic E-state index is -0.754. The average molecular weight is 296 g/mol. The summed E-state index contributed by atoms with van der Waals surface area (Å²) in [4.78, 5) is 13.4. The number of carbonyl (C=O) groups is 1. The molecule has 0 atom stereocenters. The van der Waals surface area contributed by atoms with Crippen LogP contribution in [0.25, 0.3) is 0 Å². The van der Waals surface area contributed by atoms with Crippen molar-refractivity contribution in [1.82, 2.24) is 0 Å². The molecule has 2 rings (SSSR count). The zero-order valence-corrected chi connectivity index (χ0v) is 12.0.